The molecule has 4 aromatic rings. The van der Waals surface area contributed by atoms with Gasteiger partial charge in [0.1, 0.15) is 17.0 Å². The molecule has 6 heteroatoms. The summed E-state index contributed by atoms with van der Waals surface area (Å²) in [4.78, 5) is 25.5. The Hall–Kier alpha value is -3.25. The van der Waals surface area contributed by atoms with Gasteiger partial charge in [-0.05, 0) is 25.0 Å². The van der Waals surface area contributed by atoms with E-state index in [9.17, 15) is 4.79 Å². The minimum absolute atomic E-state index is 0.0990. The van der Waals surface area contributed by atoms with E-state index in [0.29, 0.717) is 19.5 Å². The van der Waals surface area contributed by atoms with Gasteiger partial charge in [0.15, 0.2) is 0 Å². The summed E-state index contributed by atoms with van der Waals surface area (Å²) in [7, 11) is 1.84. The lowest BCUT2D eigenvalue weighted by Gasteiger charge is -2.17. The first-order chi connectivity index (χ1) is 15.0. The molecular formula is C25H26N4OS. The molecule has 158 valence electrons. The van der Waals surface area contributed by atoms with Gasteiger partial charge >= 0.3 is 0 Å². The van der Waals surface area contributed by atoms with Gasteiger partial charge in [0.25, 0.3) is 0 Å². The molecule has 1 N–H and O–H groups in total. The zero-order valence-corrected chi connectivity index (χ0v) is 18.9. The molecule has 0 spiro atoms. The highest BCUT2D eigenvalue weighted by Gasteiger charge is 2.17. The van der Waals surface area contributed by atoms with E-state index in [4.69, 9.17) is 0 Å². The highest BCUT2D eigenvalue weighted by molar-refractivity contribution is 7.19. The number of carbonyl (C=O) groups excluding carboxylic acids is 1. The van der Waals surface area contributed by atoms with E-state index < -0.39 is 0 Å². The smallest absolute Gasteiger partial charge is 0.224 e. The van der Waals surface area contributed by atoms with Gasteiger partial charge in [0.05, 0.1) is 5.39 Å². The van der Waals surface area contributed by atoms with Crippen LogP contribution in [-0.4, -0.2) is 34.4 Å². The molecular weight excluding hydrogens is 404 g/mol. The van der Waals surface area contributed by atoms with Gasteiger partial charge in [0.2, 0.25) is 5.91 Å². The molecule has 31 heavy (non-hydrogen) atoms. The van der Waals surface area contributed by atoms with Crippen molar-refractivity contribution in [2.24, 2.45) is 0 Å². The number of nitrogens with one attached hydrogen (secondary N) is 1. The molecule has 0 unspecified atom stereocenters. The van der Waals surface area contributed by atoms with Gasteiger partial charge in [-0.1, -0.05) is 60.2 Å². The maximum atomic E-state index is 12.6. The molecule has 0 radical (unpaired) electrons. The molecule has 0 atom stereocenters. The quantitative estimate of drug-likeness (QED) is 0.424. The third kappa shape index (κ3) is 4.75. The van der Waals surface area contributed by atoms with Crippen molar-refractivity contribution < 1.29 is 4.79 Å². The third-order valence-corrected chi connectivity index (χ3v) is 6.34. The minimum atomic E-state index is 0.0990. The Labute approximate surface area is 186 Å². The molecule has 2 aromatic heterocycles. The molecule has 0 saturated heterocycles. The lowest BCUT2D eigenvalue weighted by atomic mass is 10.0. The van der Waals surface area contributed by atoms with E-state index in [1.54, 1.807) is 22.6 Å². The number of hydrogen-bond donors (Lipinski definition) is 1. The van der Waals surface area contributed by atoms with Crippen molar-refractivity contribution in [3.8, 4) is 11.1 Å². The van der Waals surface area contributed by atoms with E-state index in [-0.39, 0.29) is 5.91 Å². The highest BCUT2D eigenvalue weighted by atomic mass is 32.1. The van der Waals surface area contributed by atoms with E-state index >= 15 is 0 Å². The summed E-state index contributed by atoms with van der Waals surface area (Å²) in [5.41, 5.74) is 4.68. The summed E-state index contributed by atoms with van der Waals surface area (Å²) in [5, 5.41) is 4.41. The van der Waals surface area contributed by atoms with Crippen LogP contribution in [0.3, 0.4) is 0 Å². The Balaban J connectivity index is 1.49. The summed E-state index contributed by atoms with van der Waals surface area (Å²) < 4.78 is 0. The normalized spacial score (nSPS) is 10.9. The van der Waals surface area contributed by atoms with Crippen molar-refractivity contribution in [3.63, 3.8) is 0 Å². The molecule has 0 aliphatic carbocycles. The lowest BCUT2D eigenvalue weighted by Crippen LogP contribution is -2.27. The number of amides is 1. The lowest BCUT2D eigenvalue weighted by molar-refractivity contribution is -0.130. The van der Waals surface area contributed by atoms with Crippen LogP contribution in [-0.2, 0) is 11.3 Å². The summed E-state index contributed by atoms with van der Waals surface area (Å²) in [5.74, 6) is 0.880. The van der Waals surface area contributed by atoms with Crippen LogP contribution in [0.5, 0.6) is 0 Å². The van der Waals surface area contributed by atoms with E-state index in [0.717, 1.165) is 32.7 Å². The number of benzene rings is 2. The molecule has 0 bridgehead atoms. The van der Waals surface area contributed by atoms with Crippen LogP contribution in [0.4, 0.5) is 5.82 Å². The first kappa shape index (κ1) is 21.0. The standard InChI is InChI=1S/C25H26N4OS/c1-17-9-11-20(12-10-17)22-18(2)31-25-23(22)24(27-16-28-25)26-14-13-21(30)29(3)15-19-7-5-4-6-8-19/h4-12,16H,13-15H2,1-3H3,(H,26,27,28). The van der Waals surface area contributed by atoms with Crippen LogP contribution >= 0.6 is 11.3 Å². The maximum Gasteiger partial charge on any atom is 0.224 e. The fourth-order valence-electron chi connectivity index (χ4n) is 3.67. The molecule has 0 aliphatic heterocycles. The number of fused-ring (bicyclic) bond motifs is 1. The number of aromatic nitrogens is 2. The Kier molecular flexibility index (Phi) is 6.28. The second kappa shape index (κ2) is 9.27. The number of anilines is 1. The summed E-state index contributed by atoms with van der Waals surface area (Å²) in [6, 6.07) is 18.6. The first-order valence-electron chi connectivity index (χ1n) is 10.4. The van der Waals surface area contributed by atoms with Crippen LogP contribution in [0.15, 0.2) is 60.9 Å². The molecule has 4 rings (SSSR count). The predicted octanol–water partition coefficient (Wildman–Crippen LogP) is 5.44. The topological polar surface area (TPSA) is 58.1 Å². The second-order valence-electron chi connectivity index (χ2n) is 7.71. The third-order valence-electron chi connectivity index (χ3n) is 5.32. The van der Waals surface area contributed by atoms with Crippen LogP contribution in [0, 0.1) is 13.8 Å². The fraction of sp³-hybridized carbons (Fsp3) is 0.240. The number of thiophene rings is 1. The average molecular weight is 431 g/mol. The number of rotatable bonds is 7. The Bertz CT molecular complexity index is 1190. The number of carbonyl (C=O) groups is 1. The first-order valence-corrected chi connectivity index (χ1v) is 11.2. The van der Waals surface area contributed by atoms with Gasteiger partial charge < -0.3 is 10.2 Å². The van der Waals surface area contributed by atoms with Gasteiger partial charge in [0, 0.05) is 37.0 Å². The number of hydrogen-bond acceptors (Lipinski definition) is 5. The molecule has 5 nitrogen and oxygen atoms in total. The fourth-order valence-corrected chi connectivity index (χ4v) is 4.68. The van der Waals surface area contributed by atoms with Crippen molar-refractivity contribution in [3.05, 3.63) is 76.9 Å². The Morgan fingerprint density at radius 3 is 2.52 bits per heavy atom. The largest absolute Gasteiger partial charge is 0.369 e. The van der Waals surface area contributed by atoms with Crippen LogP contribution in [0.1, 0.15) is 22.4 Å². The van der Waals surface area contributed by atoms with E-state index in [1.807, 2.05) is 37.4 Å². The van der Waals surface area contributed by atoms with Gasteiger partial charge in [-0.25, -0.2) is 9.97 Å². The van der Waals surface area contributed by atoms with Crippen molar-refractivity contribution in [2.45, 2.75) is 26.8 Å². The Morgan fingerprint density at radius 1 is 1.03 bits per heavy atom. The van der Waals surface area contributed by atoms with Gasteiger partial charge in [-0.3, -0.25) is 4.79 Å². The van der Waals surface area contributed by atoms with E-state index in [2.05, 4.69) is 53.4 Å². The molecule has 1 amide bonds. The molecule has 0 aliphatic rings. The Morgan fingerprint density at radius 2 is 1.77 bits per heavy atom. The van der Waals surface area contributed by atoms with Crippen LogP contribution < -0.4 is 5.32 Å². The van der Waals surface area contributed by atoms with E-state index in [1.165, 1.54) is 10.4 Å². The van der Waals surface area contributed by atoms with Gasteiger partial charge in [-0.2, -0.15) is 0 Å². The zero-order valence-electron chi connectivity index (χ0n) is 18.1. The SMILES string of the molecule is Cc1ccc(-c2c(C)sc3ncnc(NCCC(=O)N(C)Cc4ccccc4)c23)cc1. The second-order valence-corrected chi connectivity index (χ2v) is 8.92. The van der Waals surface area contributed by atoms with Crippen molar-refractivity contribution in [1.82, 2.24) is 14.9 Å². The summed E-state index contributed by atoms with van der Waals surface area (Å²) in [6.45, 7) is 5.34. The zero-order chi connectivity index (χ0) is 21.8. The number of nitrogens with zero attached hydrogens (tertiary/aromatic N) is 3. The minimum Gasteiger partial charge on any atom is -0.369 e. The monoisotopic (exact) mass is 430 g/mol. The van der Waals surface area contributed by atoms with Crippen LogP contribution in [0.2, 0.25) is 0 Å². The van der Waals surface area contributed by atoms with Crippen molar-refractivity contribution in [1.29, 1.82) is 0 Å². The summed E-state index contributed by atoms with van der Waals surface area (Å²) >= 11 is 1.67. The summed E-state index contributed by atoms with van der Waals surface area (Å²) in [6.07, 6.45) is 1.99. The molecule has 2 aromatic carbocycles. The average Bonchev–Trinajstić information content (AvgIpc) is 3.11. The maximum absolute atomic E-state index is 12.6. The van der Waals surface area contributed by atoms with Crippen LogP contribution in [0.25, 0.3) is 21.3 Å². The number of aryl methyl sites for hydroxylation is 2. The molecule has 0 saturated carbocycles. The van der Waals surface area contributed by atoms with Crippen molar-refractivity contribution in [2.75, 3.05) is 18.9 Å². The highest BCUT2D eigenvalue weighted by Crippen LogP contribution is 2.40. The predicted molar refractivity (Wildman–Crippen MR) is 128 cm³/mol. The van der Waals surface area contributed by atoms with Gasteiger partial charge in [-0.15, -0.1) is 11.3 Å². The molecule has 2 heterocycles. The molecule has 0 fully saturated rings. The van der Waals surface area contributed by atoms with Crippen molar-refractivity contribution >= 4 is 33.3 Å².